The van der Waals surface area contributed by atoms with Crippen LogP contribution in [0.1, 0.15) is 34.1 Å². The van der Waals surface area contributed by atoms with Gasteiger partial charge in [0.05, 0.1) is 24.6 Å². The number of carbonyl (C=O) groups excluding carboxylic acids is 2. The first-order valence-electron chi connectivity index (χ1n) is 9.76. The van der Waals surface area contributed by atoms with Gasteiger partial charge in [0.25, 0.3) is 11.8 Å². The molecule has 1 unspecified atom stereocenters. The predicted molar refractivity (Wildman–Crippen MR) is 118 cm³/mol. The normalized spacial score (nSPS) is 15.4. The topological polar surface area (TPSA) is 107 Å². The summed E-state index contributed by atoms with van der Waals surface area (Å²) in [5.41, 5.74) is 7.11. The molecule has 4 rings (SSSR count). The van der Waals surface area contributed by atoms with E-state index in [0.717, 1.165) is 5.56 Å². The smallest absolute Gasteiger partial charge is 0.281 e. The van der Waals surface area contributed by atoms with Gasteiger partial charge in [-0.15, -0.1) is 0 Å². The Hall–Kier alpha value is -3.78. The molecule has 1 atom stereocenters. The van der Waals surface area contributed by atoms with Crippen molar-refractivity contribution in [3.63, 3.8) is 0 Å². The summed E-state index contributed by atoms with van der Waals surface area (Å²) in [5.74, 6) is -0.114. The van der Waals surface area contributed by atoms with Gasteiger partial charge in [-0.25, -0.2) is 5.01 Å². The summed E-state index contributed by atoms with van der Waals surface area (Å²) in [7, 11) is 1.44. The molecular weight excluding hydrogens is 434 g/mol. The van der Waals surface area contributed by atoms with E-state index in [0.29, 0.717) is 28.7 Å². The van der Waals surface area contributed by atoms with E-state index in [1.165, 1.54) is 18.2 Å². The largest absolute Gasteiger partial charge is 0.493 e. The molecule has 3 aromatic rings. The molecule has 164 valence electrons. The summed E-state index contributed by atoms with van der Waals surface area (Å²) in [4.78, 5) is 24.9. The van der Waals surface area contributed by atoms with Crippen LogP contribution in [0.3, 0.4) is 0 Å². The van der Waals surface area contributed by atoms with E-state index < -0.39 is 17.9 Å². The number of hydrazone groups is 1. The summed E-state index contributed by atoms with van der Waals surface area (Å²) in [6.45, 7) is -0.380. The van der Waals surface area contributed by atoms with Gasteiger partial charge in [0.1, 0.15) is 11.8 Å². The molecule has 8 nitrogen and oxygen atoms in total. The van der Waals surface area contributed by atoms with E-state index in [-0.39, 0.29) is 17.9 Å². The lowest BCUT2D eigenvalue weighted by atomic mass is 10.0. The Morgan fingerprint density at radius 2 is 1.97 bits per heavy atom. The summed E-state index contributed by atoms with van der Waals surface area (Å²) < 4.78 is 16.5. The first-order valence-corrected chi connectivity index (χ1v) is 10.1. The molecule has 1 aliphatic heterocycles. The number of rotatable bonds is 7. The molecule has 0 fully saturated rings. The average molecular weight is 454 g/mol. The number of para-hydroxylation sites is 1. The summed E-state index contributed by atoms with van der Waals surface area (Å²) in [6, 6.07) is 15.1. The Morgan fingerprint density at radius 1 is 1.19 bits per heavy atom. The summed E-state index contributed by atoms with van der Waals surface area (Å²) in [6.07, 6.45) is 2.00. The minimum atomic E-state index is -0.691. The Balaban J connectivity index is 1.59. The molecule has 0 aliphatic carbocycles. The molecule has 2 N–H and O–H groups in total. The molecule has 1 aliphatic rings. The molecule has 0 radical (unpaired) electrons. The van der Waals surface area contributed by atoms with Gasteiger partial charge < -0.3 is 19.6 Å². The molecular formula is C23H20ClN3O5. The van der Waals surface area contributed by atoms with Crippen molar-refractivity contribution >= 4 is 29.1 Å². The molecule has 9 heteroatoms. The van der Waals surface area contributed by atoms with E-state index >= 15 is 0 Å². The van der Waals surface area contributed by atoms with Crippen molar-refractivity contribution in [3.8, 4) is 11.5 Å². The van der Waals surface area contributed by atoms with Crippen molar-refractivity contribution in [2.45, 2.75) is 12.5 Å². The minimum Gasteiger partial charge on any atom is -0.493 e. The van der Waals surface area contributed by atoms with Gasteiger partial charge in [-0.1, -0.05) is 29.8 Å². The Labute approximate surface area is 189 Å². The van der Waals surface area contributed by atoms with Crippen molar-refractivity contribution < 1.29 is 23.5 Å². The zero-order valence-corrected chi connectivity index (χ0v) is 17.9. The number of furan rings is 1. The van der Waals surface area contributed by atoms with Crippen molar-refractivity contribution in [1.29, 1.82) is 0 Å². The molecule has 2 aromatic carbocycles. The van der Waals surface area contributed by atoms with E-state index in [9.17, 15) is 9.59 Å². The highest BCUT2D eigenvalue weighted by Gasteiger charge is 2.35. The SMILES string of the molecule is COc1cccc(C(N)=O)c1OCC(=O)N1N=C(c2ccc(Cl)cc2)CC1c1ccco1. The van der Waals surface area contributed by atoms with Crippen molar-refractivity contribution in [1.82, 2.24) is 5.01 Å². The van der Waals surface area contributed by atoms with Crippen LogP contribution < -0.4 is 15.2 Å². The Kier molecular flexibility index (Phi) is 6.13. The standard InChI is InChI=1S/C23H20ClN3O5/c1-30-20-5-2-4-16(23(25)29)22(20)32-13-21(28)27-18(19-6-3-11-31-19)12-17(26-27)14-7-9-15(24)10-8-14/h2-11,18H,12-13H2,1H3,(H2,25,29). The molecule has 0 saturated heterocycles. The van der Waals surface area contributed by atoms with E-state index in [1.54, 1.807) is 42.7 Å². The Morgan fingerprint density at radius 3 is 2.62 bits per heavy atom. The van der Waals surface area contributed by atoms with Gasteiger partial charge >= 0.3 is 0 Å². The molecule has 0 saturated carbocycles. The number of methoxy groups -OCH3 is 1. The van der Waals surface area contributed by atoms with Crippen LogP contribution in [0.5, 0.6) is 11.5 Å². The van der Waals surface area contributed by atoms with Crippen molar-refractivity contribution in [2.75, 3.05) is 13.7 Å². The monoisotopic (exact) mass is 453 g/mol. The molecule has 2 amide bonds. The molecule has 32 heavy (non-hydrogen) atoms. The highest BCUT2D eigenvalue weighted by molar-refractivity contribution is 6.30. The third-order valence-electron chi connectivity index (χ3n) is 5.02. The number of primary amides is 1. The second-order valence-corrected chi connectivity index (χ2v) is 7.45. The number of amides is 2. The van der Waals surface area contributed by atoms with Gasteiger partial charge in [0, 0.05) is 11.4 Å². The van der Waals surface area contributed by atoms with Gasteiger partial charge in [0.15, 0.2) is 18.1 Å². The lowest BCUT2D eigenvalue weighted by Crippen LogP contribution is -2.31. The lowest BCUT2D eigenvalue weighted by Gasteiger charge is -2.20. The van der Waals surface area contributed by atoms with Crippen LogP contribution in [-0.2, 0) is 4.79 Å². The minimum absolute atomic E-state index is 0.103. The van der Waals surface area contributed by atoms with Crippen LogP contribution >= 0.6 is 11.6 Å². The highest BCUT2D eigenvalue weighted by Crippen LogP contribution is 2.34. The Bertz CT molecular complexity index is 1160. The predicted octanol–water partition coefficient (Wildman–Crippen LogP) is 3.80. The average Bonchev–Trinajstić information content (AvgIpc) is 3.47. The number of benzene rings is 2. The maximum atomic E-state index is 13.1. The third kappa shape index (κ3) is 4.31. The molecule has 0 bridgehead atoms. The fourth-order valence-electron chi connectivity index (χ4n) is 3.48. The van der Waals surface area contributed by atoms with Gasteiger partial charge in [-0.05, 0) is 42.0 Å². The van der Waals surface area contributed by atoms with Crippen LogP contribution in [0.25, 0.3) is 0 Å². The van der Waals surface area contributed by atoms with E-state index in [2.05, 4.69) is 5.10 Å². The van der Waals surface area contributed by atoms with Gasteiger partial charge in [-0.3, -0.25) is 9.59 Å². The van der Waals surface area contributed by atoms with Crippen molar-refractivity contribution in [2.24, 2.45) is 10.8 Å². The number of halogens is 1. The highest BCUT2D eigenvalue weighted by atomic mass is 35.5. The second kappa shape index (κ2) is 9.15. The molecule has 0 spiro atoms. The quantitative estimate of drug-likeness (QED) is 0.585. The third-order valence-corrected chi connectivity index (χ3v) is 5.27. The first kappa shape index (κ1) is 21.5. The number of hydrogen-bond donors (Lipinski definition) is 1. The second-order valence-electron chi connectivity index (χ2n) is 7.02. The summed E-state index contributed by atoms with van der Waals surface area (Å²) >= 11 is 5.99. The van der Waals surface area contributed by atoms with Gasteiger partial charge in [-0.2, -0.15) is 5.10 Å². The number of ether oxygens (including phenoxy) is 2. The fourth-order valence-corrected chi connectivity index (χ4v) is 3.61. The number of carbonyl (C=O) groups is 2. The number of hydrogen-bond acceptors (Lipinski definition) is 6. The molecule has 2 heterocycles. The van der Waals surface area contributed by atoms with E-state index in [4.69, 9.17) is 31.2 Å². The van der Waals surface area contributed by atoms with E-state index in [1.807, 2.05) is 12.1 Å². The maximum Gasteiger partial charge on any atom is 0.281 e. The molecule has 1 aromatic heterocycles. The van der Waals surface area contributed by atoms with Crippen LogP contribution in [0.15, 0.2) is 70.4 Å². The maximum absolute atomic E-state index is 13.1. The zero-order chi connectivity index (χ0) is 22.7. The van der Waals surface area contributed by atoms with Gasteiger partial charge in [0.2, 0.25) is 0 Å². The first-order chi connectivity index (χ1) is 15.5. The van der Waals surface area contributed by atoms with Crippen LogP contribution in [0.4, 0.5) is 0 Å². The fraction of sp³-hybridized carbons (Fsp3) is 0.174. The number of nitrogens with two attached hydrogens (primary N) is 1. The van der Waals surface area contributed by atoms with Crippen LogP contribution in [0.2, 0.25) is 5.02 Å². The van der Waals surface area contributed by atoms with Crippen LogP contribution in [-0.4, -0.2) is 36.3 Å². The van der Waals surface area contributed by atoms with Crippen LogP contribution in [0, 0.1) is 0 Å². The number of nitrogens with zero attached hydrogens (tertiary/aromatic N) is 2. The zero-order valence-electron chi connectivity index (χ0n) is 17.2. The summed E-state index contributed by atoms with van der Waals surface area (Å²) in [5, 5.41) is 6.48. The lowest BCUT2D eigenvalue weighted by molar-refractivity contribution is -0.135. The van der Waals surface area contributed by atoms with Crippen molar-refractivity contribution in [3.05, 3.63) is 82.8 Å².